The summed E-state index contributed by atoms with van der Waals surface area (Å²) in [6.07, 6.45) is 4.00. The highest BCUT2D eigenvalue weighted by atomic mass is 79.9. The van der Waals surface area contributed by atoms with E-state index in [1.165, 1.54) is 26.7 Å². The molecule has 0 aliphatic heterocycles. The number of aromatic nitrogens is 2. The van der Waals surface area contributed by atoms with E-state index >= 15 is 0 Å². The first-order valence-electron chi connectivity index (χ1n) is 6.51. The predicted molar refractivity (Wildman–Crippen MR) is 82.3 cm³/mol. The van der Waals surface area contributed by atoms with Crippen molar-refractivity contribution in [1.29, 1.82) is 0 Å². The van der Waals surface area contributed by atoms with Crippen molar-refractivity contribution in [2.24, 2.45) is 7.05 Å². The first kappa shape index (κ1) is 14.3. The fourth-order valence-corrected chi connectivity index (χ4v) is 2.60. The third-order valence-corrected chi connectivity index (χ3v) is 4.51. The van der Waals surface area contributed by atoms with Gasteiger partial charge in [-0.2, -0.15) is 5.10 Å². The lowest BCUT2D eigenvalue weighted by atomic mass is 9.97. The minimum Gasteiger partial charge on any atom is -0.306 e. The van der Waals surface area contributed by atoms with E-state index in [2.05, 4.69) is 65.4 Å². The van der Waals surface area contributed by atoms with E-state index in [9.17, 15) is 0 Å². The van der Waals surface area contributed by atoms with Crippen LogP contribution in [0.2, 0.25) is 0 Å². The molecule has 1 heterocycles. The Labute approximate surface area is 123 Å². The van der Waals surface area contributed by atoms with Gasteiger partial charge in [0.05, 0.1) is 12.2 Å². The number of halogens is 1. The summed E-state index contributed by atoms with van der Waals surface area (Å²) in [5.74, 6) is 0. The Balaban J connectivity index is 2.44. The van der Waals surface area contributed by atoms with Crippen molar-refractivity contribution in [3.8, 4) is 0 Å². The topological polar surface area (TPSA) is 29.9 Å². The second kappa shape index (κ2) is 5.88. The molecule has 0 aliphatic rings. The Morgan fingerprint density at radius 1 is 1.26 bits per heavy atom. The molecule has 0 spiro atoms. The van der Waals surface area contributed by atoms with E-state index in [0.29, 0.717) is 0 Å². The third-order valence-electron chi connectivity index (χ3n) is 3.26. The molecule has 0 radical (unpaired) electrons. The first-order chi connectivity index (χ1) is 9.02. The second-order valence-corrected chi connectivity index (χ2v) is 5.70. The molecule has 1 atom stereocenters. The molecule has 102 valence electrons. The van der Waals surface area contributed by atoms with Crippen molar-refractivity contribution < 1.29 is 0 Å². The lowest BCUT2D eigenvalue weighted by molar-refractivity contribution is 0.629. The third kappa shape index (κ3) is 3.07. The molecule has 4 heteroatoms. The average Bonchev–Trinajstić information content (AvgIpc) is 2.79. The Morgan fingerprint density at radius 2 is 1.89 bits per heavy atom. The van der Waals surface area contributed by atoms with Gasteiger partial charge in [-0.1, -0.05) is 35.0 Å². The van der Waals surface area contributed by atoms with E-state index in [-0.39, 0.29) is 6.04 Å². The van der Waals surface area contributed by atoms with Crippen molar-refractivity contribution >= 4 is 15.9 Å². The quantitative estimate of drug-likeness (QED) is 0.934. The van der Waals surface area contributed by atoms with Crippen molar-refractivity contribution in [2.75, 3.05) is 6.54 Å². The van der Waals surface area contributed by atoms with Crippen LogP contribution in [0.3, 0.4) is 0 Å². The summed E-state index contributed by atoms with van der Waals surface area (Å²) in [7, 11) is 1.95. The van der Waals surface area contributed by atoms with Crippen LogP contribution in [0, 0.1) is 13.8 Å². The van der Waals surface area contributed by atoms with Crippen LogP contribution < -0.4 is 5.32 Å². The van der Waals surface area contributed by atoms with Gasteiger partial charge in [-0.3, -0.25) is 4.68 Å². The van der Waals surface area contributed by atoms with Crippen LogP contribution in [0.1, 0.15) is 35.2 Å². The summed E-state index contributed by atoms with van der Waals surface area (Å²) in [5.41, 5.74) is 5.02. The Hall–Kier alpha value is -1.13. The minimum atomic E-state index is 0.198. The monoisotopic (exact) mass is 321 g/mol. The molecule has 0 fully saturated rings. The molecule has 1 aromatic heterocycles. The van der Waals surface area contributed by atoms with Gasteiger partial charge in [-0.25, -0.2) is 0 Å². The van der Waals surface area contributed by atoms with Gasteiger partial charge >= 0.3 is 0 Å². The highest BCUT2D eigenvalue weighted by Crippen LogP contribution is 2.28. The van der Waals surface area contributed by atoms with E-state index in [0.717, 1.165) is 6.54 Å². The summed E-state index contributed by atoms with van der Waals surface area (Å²) in [6.45, 7) is 7.31. The van der Waals surface area contributed by atoms with Crippen LogP contribution >= 0.6 is 15.9 Å². The minimum absolute atomic E-state index is 0.198. The summed E-state index contributed by atoms with van der Waals surface area (Å²) < 4.78 is 3.04. The number of aryl methyl sites for hydroxylation is 3. The highest BCUT2D eigenvalue weighted by molar-refractivity contribution is 9.10. The first-order valence-corrected chi connectivity index (χ1v) is 7.30. The highest BCUT2D eigenvalue weighted by Gasteiger charge is 2.16. The Morgan fingerprint density at radius 3 is 2.37 bits per heavy atom. The van der Waals surface area contributed by atoms with Crippen LogP contribution in [0.15, 0.2) is 29.0 Å². The number of nitrogens with one attached hydrogen (secondary N) is 1. The van der Waals surface area contributed by atoms with E-state index in [1.807, 2.05) is 17.9 Å². The van der Waals surface area contributed by atoms with Crippen molar-refractivity contribution in [3.05, 3.63) is 51.3 Å². The van der Waals surface area contributed by atoms with Crippen LogP contribution in [0.4, 0.5) is 0 Å². The van der Waals surface area contributed by atoms with Crippen molar-refractivity contribution in [3.63, 3.8) is 0 Å². The van der Waals surface area contributed by atoms with Crippen molar-refractivity contribution in [1.82, 2.24) is 15.1 Å². The van der Waals surface area contributed by atoms with E-state index < -0.39 is 0 Å². The summed E-state index contributed by atoms with van der Waals surface area (Å²) in [4.78, 5) is 0. The molecule has 1 aromatic carbocycles. The predicted octanol–water partition coefficient (Wildman–Crippen LogP) is 3.50. The second-order valence-electron chi connectivity index (χ2n) is 4.91. The summed E-state index contributed by atoms with van der Waals surface area (Å²) in [5, 5.41) is 7.81. The van der Waals surface area contributed by atoms with Gasteiger partial charge in [-0.05, 0) is 37.1 Å². The van der Waals surface area contributed by atoms with Crippen LogP contribution in [0.5, 0.6) is 0 Å². The molecule has 0 saturated heterocycles. The molecule has 0 bridgehead atoms. The zero-order chi connectivity index (χ0) is 14.0. The maximum absolute atomic E-state index is 4.28. The molecule has 0 aliphatic carbocycles. The summed E-state index contributed by atoms with van der Waals surface area (Å²) in [6, 6.07) is 4.67. The lowest BCUT2D eigenvalue weighted by Gasteiger charge is -2.19. The van der Waals surface area contributed by atoms with E-state index in [1.54, 1.807) is 0 Å². The maximum Gasteiger partial charge on any atom is 0.0608 e. The molecule has 2 rings (SSSR count). The fraction of sp³-hybridized carbons (Fsp3) is 0.400. The van der Waals surface area contributed by atoms with Gasteiger partial charge in [0.25, 0.3) is 0 Å². The van der Waals surface area contributed by atoms with Gasteiger partial charge in [0.2, 0.25) is 0 Å². The number of rotatable bonds is 4. The van der Waals surface area contributed by atoms with Crippen LogP contribution in [-0.2, 0) is 7.05 Å². The fourth-order valence-electron chi connectivity index (χ4n) is 2.37. The molecule has 0 saturated carbocycles. The van der Waals surface area contributed by atoms with Crippen molar-refractivity contribution in [2.45, 2.75) is 26.8 Å². The van der Waals surface area contributed by atoms with Crippen LogP contribution in [0.25, 0.3) is 0 Å². The summed E-state index contributed by atoms with van der Waals surface area (Å²) >= 11 is 3.62. The average molecular weight is 322 g/mol. The number of benzene rings is 1. The van der Waals surface area contributed by atoms with Gasteiger partial charge in [0.15, 0.2) is 0 Å². The van der Waals surface area contributed by atoms with Gasteiger partial charge in [-0.15, -0.1) is 0 Å². The Kier molecular flexibility index (Phi) is 4.42. The number of hydrogen-bond donors (Lipinski definition) is 1. The van der Waals surface area contributed by atoms with Gasteiger partial charge in [0, 0.05) is 23.3 Å². The smallest absolute Gasteiger partial charge is 0.0608 e. The lowest BCUT2D eigenvalue weighted by Crippen LogP contribution is -2.22. The van der Waals surface area contributed by atoms with Crippen LogP contribution in [-0.4, -0.2) is 16.3 Å². The number of hydrogen-bond acceptors (Lipinski definition) is 2. The normalized spacial score (nSPS) is 12.7. The zero-order valence-electron chi connectivity index (χ0n) is 11.9. The zero-order valence-corrected chi connectivity index (χ0v) is 13.5. The van der Waals surface area contributed by atoms with Gasteiger partial charge in [0.1, 0.15) is 0 Å². The molecular formula is C15H20BrN3. The standard InChI is InChI=1S/C15H20BrN3/c1-5-17-15(13-8-18-19(4)9-13)12-6-10(2)14(16)11(3)7-12/h6-9,15,17H,5H2,1-4H3. The van der Waals surface area contributed by atoms with E-state index in [4.69, 9.17) is 0 Å². The molecule has 19 heavy (non-hydrogen) atoms. The maximum atomic E-state index is 4.28. The molecular weight excluding hydrogens is 302 g/mol. The molecule has 2 aromatic rings. The molecule has 0 amide bonds. The number of nitrogens with zero attached hydrogens (tertiary/aromatic N) is 2. The molecule has 1 N–H and O–H groups in total. The van der Waals surface area contributed by atoms with Gasteiger partial charge < -0.3 is 5.32 Å². The Bertz CT molecular complexity index is 552. The molecule has 1 unspecified atom stereocenters. The molecule has 3 nitrogen and oxygen atoms in total. The SMILES string of the molecule is CCNC(c1cc(C)c(Br)c(C)c1)c1cnn(C)c1. The largest absolute Gasteiger partial charge is 0.306 e.